The van der Waals surface area contributed by atoms with Gasteiger partial charge >= 0.3 is 6.09 Å². The number of rotatable bonds is 4. The number of nitrogens with one attached hydrogen (secondary N) is 1. The van der Waals surface area contributed by atoms with E-state index >= 15 is 0 Å². The van der Waals surface area contributed by atoms with Crippen LogP contribution in [0.25, 0.3) is 0 Å². The largest absolute Gasteiger partial charge is 0.488 e. The summed E-state index contributed by atoms with van der Waals surface area (Å²) in [5.41, 5.74) is 2.65. The van der Waals surface area contributed by atoms with Gasteiger partial charge in [0.05, 0.1) is 17.0 Å². The normalized spacial score (nSPS) is 10.3. The topological polar surface area (TPSA) is 47.6 Å². The highest BCUT2D eigenvalue weighted by Gasteiger charge is 2.08. The number of ether oxygens (including phenoxy) is 2. The molecule has 0 aliphatic carbocycles. The van der Waals surface area contributed by atoms with Crippen molar-refractivity contribution in [1.29, 1.82) is 0 Å². The Bertz CT molecular complexity index is 654. The van der Waals surface area contributed by atoms with Gasteiger partial charge in [-0.2, -0.15) is 0 Å². The van der Waals surface area contributed by atoms with E-state index in [4.69, 9.17) is 16.3 Å². The van der Waals surface area contributed by atoms with Gasteiger partial charge in [0.15, 0.2) is 0 Å². The van der Waals surface area contributed by atoms with Crippen molar-refractivity contribution >= 4 is 34.7 Å². The Morgan fingerprint density at radius 2 is 2.10 bits per heavy atom. The summed E-state index contributed by atoms with van der Waals surface area (Å²) in [6.07, 6.45) is -0.493. The summed E-state index contributed by atoms with van der Waals surface area (Å²) in [6, 6.07) is 5.44. The molecule has 6 heteroatoms. The lowest BCUT2D eigenvalue weighted by atomic mass is 10.2. The summed E-state index contributed by atoms with van der Waals surface area (Å²) in [5, 5.41) is 5.41. The highest BCUT2D eigenvalue weighted by atomic mass is 35.5. The maximum atomic E-state index is 11.2. The fourth-order valence-electron chi connectivity index (χ4n) is 1.76. The van der Waals surface area contributed by atoms with Crippen LogP contribution in [0, 0.1) is 13.8 Å². The lowest BCUT2D eigenvalue weighted by Crippen LogP contribution is -2.11. The SMILES string of the molecule is COC(=O)Nc1ccc(OCc2scc(C)c2Cl)cc1C. The third kappa shape index (κ3) is 3.89. The standard InChI is InChI=1S/C15H16ClNO3S/c1-9-6-11(4-5-12(9)17-15(18)19-3)20-7-13-14(16)10(2)8-21-13/h4-6,8H,7H2,1-3H3,(H,17,18). The van der Waals surface area contributed by atoms with Gasteiger partial charge in [-0.3, -0.25) is 5.32 Å². The molecular formula is C15H16ClNO3S. The number of carbonyl (C=O) groups is 1. The minimum absolute atomic E-state index is 0.431. The van der Waals surface area contributed by atoms with Gasteiger partial charge < -0.3 is 9.47 Å². The smallest absolute Gasteiger partial charge is 0.411 e. The molecule has 1 aromatic heterocycles. The molecule has 0 spiro atoms. The lowest BCUT2D eigenvalue weighted by molar-refractivity contribution is 0.187. The van der Waals surface area contributed by atoms with Crippen molar-refractivity contribution in [2.45, 2.75) is 20.5 Å². The number of benzene rings is 1. The van der Waals surface area contributed by atoms with Crippen molar-refractivity contribution < 1.29 is 14.3 Å². The first-order valence-corrected chi connectivity index (χ1v) is 7.58. The molecule has 1 N–H and O–H groups in total. The molecule has 1 heterocycles. The number of halogens is 1. The Labute approximate surface area is 132 Å². The molecule has 1 aromatic carbocycles. The van der Waals surface area contributed by atoms with Gasteiger partial charge in [0.1, 0.15) is 12.4 Å². The fourth-order valence-corrected chi connectivity index (χ4v) is 2.89. The van der Waals surface area contributed by atoms with Gasteiger partial charge in [-0.1, -0.05) is 11.6 Å². The van der Waals surface area contributed by atoms with Crippen molar-refractivity contribution in [3.63, 3.8) is 0 Å². The van der Waals surface area contributed by atoms with Crippen LogP contribution in [-0.2, 0) is 11.3 Å². The number of thiophene rings is 1. The molecule has 112 valence electrons. The van der Waals surface area contributed by atoms with Crippen LogP contribution in [0.1, 0.15) is 16.0 Å². The summed E-state index contributed by atoms with van der Waals surface area (Å²) < 4.78 is 10.3. The van der Waals surface area contributed by atoms with Gasteiger partial charge in [0.2, 0.25) is 0 Å². The van der Waals surface area contributed by atoms with Gasteiger partial charge in [0.25, 0.3) is 0 Å². The van der Waals surface area contributed by atoms with Crippen LogP contribution in [0.4, 0.5) is 10.5 Å². The molecule has 4 nitrogen and oxygen atoms in total. The van der Waals surface area contributed by atoms with Crippen LogP contribution in [0.2, 0.25) is 5.02 Å². The third-order valence-corrected chi connectivity index (χ3v) is 4.68. The summed E-state index contributed by atoms with van der Waals surface area (Å²) in [6.45, 7) is 4.29. The van der Waals surface area contributed by atoms with E-state index in [2.05, 4.69) is 10.1 Å². The van der Waals surface area contributed by atoms with Crippen molar-refractivity contribution in [3.8, 4) is 5.75 Å². The highest BCUT2D eigenvalue weighted by Crippen LogP contribution is 2.29. The monoisotopic (exact) mass is 325 g/mol. The summed E-state index contributed by atoms with van der Waals surface area (Å²) in [5.74, 6) is 0.727. The van der Waals surface area contributed by atoms with Crippen LogP contribution in [0.15, 0.2) is 23.6 Å². The third-order valence-electron chi connectivity index (χ3n) is 2.96. The summed E-state index contributed by atoms with van der Waals surface area (Å²) in [7, 11) is 1.33. The Morgan fingerprint density at radius 3 is 2.67 bits per heavy atom. The molecule has 2 aromatic rings. The van der Waals surface area contributed by atoms with Crippen LogP contribution in [-0.4, -0.2) is 13.2 Å². The van der Waals surface area contributed by atoms with E-state index in [-0.39, 0.29) is 0 Å². The zero-order chi connectivity index (χ0) is 15.4. The fraction of sp³-hybridized carbons (Fsp3) is 0.267. The van der Waals surface area contributed by atoms with E-state index in [1.54, 1.807) is 23.5 Å². The first kappa shape index (κ1) is 15.7. The predicted molar refractivity (Wildman–Crippen MR) is 85.6 cm³/mol. The van der Waals surface area contributed by atoms with Gasteiger partial charge in [-0.15, -0.1) is 11.3 Å². The Kier molecular flexibility index (Phi) is 5.09. The van der Waals surface area contributed by atoms with Crippen molar-refractivity contribution in [2.75, 3.05) is 12.4 Å². The highest BCUT2D eigenvalue weighted by molar-refractivity contribution is 7.10. The van der Waals surface area contributed by atoms with Gasteiger partial charge in [0, 0.05) is 5.69 Å². The number of hydrogen-bond donors (Lipinski definition) is 1. The molecule has 21 heavy (non-hydrogen) atoms. The Balaban J connectivity index is 2.03. The number of anilines is 1. The number of carbonyl (C=O) groups excluding carboxylic acids is 1. The summed E-state index contributed by atoms with van der Waals surface area (Å²) in [4.78, 5) is 12.2. The molecule has 0 unspecified atom stereocenters. The molecule has 1 amide bonds. The summed E-state index contributed by atoms with van der Waals surface area (Å²) >= 11 is 7.76. The first-order valence-electron chi connectivity index (χ1n) is 6.32. The van der Waals surface area contributed by atoms with Crippen molar-refractivity contribution in [2.24, 2.45) is 0 Å². The second kappa shape index (κ2) is 6.83. The minimum atomic E-state index is -0.493. The molecule has 0 saturated heterocycles. The lowest BCUT2D eigenvalue weighted by Gasteiger charge is -2.10. The van der Waals surface area contributed by atoms with E-state index in [0.29, 0.717) is 12.3 Å². The maximum Gasteiger partial charge on any atom is 0.411 e. The zero-order valence-electron chi connectivity index (χ0n) is 12.0. The molecule has 0 saturated carbocycles. The van der Waals surface area contributed by atoms with Gasteiger partial charge in [-0.05, 0) is 48.6 Å². The van der Waals surface area contributed by atoms with Crippen LogP contribution >= 0.6 is 22.9 Å². The number of methoxy groups -OCH3 is 1. The van der Waals surface area contributed by atoms with Crippen LogP contribution in [0.3, 0.4) is 0 Å². The molecule has 0 fully saturated rings. The Morgan fingerprint density at radius 1 is 1.33 bits per heavy atom. The van der Waals surface area contributed by atoms with E-state index < -0.39 is 6.09 Å². The predicted octanol–water partition coefficient (Wildman–Crippen LogP) is 4.78. The minimum Gasteiger partial charge on any atom is -0.488 e. The number of hydrogen-bond acceptors (Lipinski definition) is 4. The van der Waals surface area contributed by atoms with Crippen LogP contribution in [0.5, 0.6) is 5.75 Å². The zero-order valence-corrected chi connectivity index (χ0v) is 13.6. The van der Waals surface area contributed by atoms with E-state index in [1.165, 1.54) is 7.11 Å². The maximum absolute atomic E-state index is 11.2. The molecule has 0 bridgehead atoms. The second-order valence-electron chi connectivity index (χ2n) is 4.54. The van der Waals surface area contributed by atoms with E-state index in [9.17, 15) is 4.79 Å². The number of amides is 1. The number of aryl methyl sites for hydroxylation is 2. The molecule has 0 aliphatic heterocycles. The van der Waals surface area contributed by atoms with E-state index in [0.717, 1.165) is 26.8 Å². The van der Waals surface area contributed by atoms with Crippen molar-refractivity contribution in [3.05, 3.63) is 44.6 Å². The Hall–Kier alpha value is -1.72. The molecule has 0 atom stereocenters. The molecule has 0 aliphatic rings. The quantitative estimate of drug-likeness (QED) is 0.880. The second-order valence-corrected chi connectivity index (χ2v) is 5.88. The van der Waals surface area contributed by atoms with Crippen LogP contribution < -0.4 is 10.1 Å². The average molecular weight is 326 g/mol. The molecule has 2 rings (SSSR count). The molecular weight excluding hydrogens is 310 g/mol. The first-order chi connectivity index (χ1) is 10.0. The average Bonchev–Trinajstić information content (AvgIpc) is 2.79. The van der Waals surface area contributed by atoms with Crippen molar-refractivity contribution in [1.82, 2.24) is 0 Å². The van der Waals surface area contributed by atoms with E-state index in [1.807, 2.05) is 25.3 Å². The molecule has 0 radical (unpaired) electrons. The van der Waals surface area contributed by atoms with Gasteiger partial charge in [-0.25, -0.2) is 4.79 Å².